The summed E-state index contributed by atoms with van der Waals surface area (Å²) in [6, 6.07) is 14.8. The van der Waals surface area contributed by atoms with Gasteiger partial charge in [-0.3, -0.25) is 4.79 Å². The maximum absolute atomic E-state index is 12.4. The number of amides is 1. The third-order valence-electron chi connectivity index (χ3n) is 4.46. The molecule has 2 aromatic carbocycles. The van der Waals surface area contributed by atoms with Gasteiger partial charge in [-0.1, -0.05) is 40.0 Å². The lowest BCUT2D eigenvalue weighted by Gasteiger charge is -2.10. The molecule has 2 aromatic rings. The van der Waals surface area contributed by atoms with Gasteiger partial charge in [0.2, 0.25) is 0 Å². The molecule has 1 amide bonds. The van der Waals surface area contributed by atoms with Crippen molar-refractivity contribution in [2.45, 2.75) is 52.9 Å². The number of carbonyl (C=O) groups excluding carboxylic acids is 1. The highest BCUT2D eigenvalue weighted by molar-refractivity contribution is 6.04. The summed E-state index contributed by atoms with van der Waals surface area (Å²) in [5.74, 6) is 2.11. The Kier molecular flexibility index (Phi) is 9.40. The van der Waals surface area contributed by atoms with Gasteiger partial charge < -0.3 is 14.8 Å². The Morgan fingerprint density at radius 2 is 1.46 bits per heavy atom. The van der Waals surface area contributed by atoms with E-state index in [4.69, 9.17) is 9.47 Å². The summed E-state index contributed by atoms with van der Waals surface area (Å²) >= 11 is 0. The third-order valence-corrected chi connectivity index (χ3v) is 4.46. The quantitative estimate of drug-likeness (QED) is 0.436. The van der Waals surface area contributed by atoms with Gasteiger partial charge in [-0.15, -0.1) is 0 Å². The average molecular weight is 384 g/mol. The molecule has 0 spiro atoms. The van der Waals surface area contributed by atoms with E-state index in [1.165, 1.54) is 19.3 Å². The van der Waals surface area contributed by atoms with Gasteiger partial charge in [0.25, 0.3) is 5.91 Å². The van der Waals surface area contributed by atoms with Crippen LogP contribution in [0.1, 0.15) is 63.2 Å². The first-order valence-corrected chi connectivity index (χ1v) is 10.4. The minimum Gasteiger partial charge on any atom is -0.494 e. The molecule has 2 rings (SSSR count). The van der Waals surface area contributed by atoms with Gasteiger partial charge in [-0.2, -0.15) is 0 Å². The molecule has 0 atom stereocenters. The number of unbranched alkanes of at least 4 members (excludes halogenated alkanes) is 3. The number of hydrogen-bond donors (Lipinski definition) is 1. The molecule has 0 fully saturated rings. The summed E-state index contributed by atoms with van der Waals surface area (Å²) in [5.41, 5.74) is 1.35. The van der Waals surface area contributed by atoms with Crippen molar-refractivity contribution in [3.63, 3.8) is 0 Å². The Bertz CT molecular complexity index is 693. The fraction of sp³-hybridized carbons (Fsp3) is 0.458. The molecule has 0 bridgehead atoms. The SMILES string of the molecule is CCCCCCOc1ccc(C(=O)Nc2ccc(OCCC(C)C)cc2)cc1. The first kappa shape index (κ1) is 21.8. The Morgan fingerprint density at radius 3 is 2.07 bits per heavy atom. The molecule has 152 valence electrons. The average Bonchev–Trinajstić information content (AvgIpc) is 2.69. The van der Waals surface area contributed by atoms with Crippen molar-refractivity contribution in [2.24, 2.45) is 5.92 Å². The van der Waals surface area contributed by atoms with Gasteiger partial charge in [0.15, 0.2) is 0 Å². The molecular weight excluding hydrogens is 350 g/mol. The van der Waals surface area contributed by atoms with Crippen LogP contribution < -0.4 is 14.8 Å². The number of carbonyl (C=O) groups is 1. The van der Waals surface area contributed by atoms with Crippen molar-refractivity contribution in [2.75, 3.05) is 18.5 Å². The lowest BCUT2D eigenvalue weighted by Crippen LogP contribution is -2.11. The van der Waals surface area contributed by atoms with Crippen molar-refractivity contribution in [1.29, 1.82) is 0 Å². The smallest absolute Gasteiger partial charge is 0.255 e. The highest BCUT2D eigenvalue weighted by atomic mass is 16.5. The summed E-state index contributed by atoms with van der Waals surface area (Å²) in [5, 5.41) is 2.91. The van der Waals surface area contributed by atoms with E-state index in [0.29, 0.717) is 18.1 Å². The molecule has 0 saturated heterocycles. The van der Waals surface area contributed by atoms with E-state index < -0.39 is 0 Å². The lowest BCUT2D eigenvalue weighted by molar-refractivity contribution is 0.102. The molecule has 0 aromatic heterocycles. The van der Waals surface area contributed by atoms with E-state index in [1.54, 1.807) is 12.1 Å². The number of benzene rings is 2. The topological polar surface area (TPSA) is 47.6 Å². The fourth-order valence-electron chi connectivity index (χ4n) is 2.67. The van der Waals surface area contributed by atoms with Crippen molar-refractivity contribution in [1.82, 2.24) is 0 Å². The van der Waals surface area contributed by atoms with Gasteiger partial charge in [-0.25, -0.2) is 0 Å². The van der Waals surface area contributed by atoms with E-state index in [1.807, 2.05) is 36.4 Å². The zero-order chi connectivity index (χ0) is 20.2. The highest BCUT2D eigenvalue weighted by Crippen LogP contribution is 2.18. The van der Waals surface area contributed by atoms with Crippen molar-refractivity contribution in [3.05, 3.63) is 54.1 Å². The molecule has 4 heteroatoms. The number of anilines is 1. The third kappa shape index (κ3) is 8.03. The molecular formula is C24H33NO3. The monoisotopic (exact) mass is 383 g/mol. The van der Waals surface area contributed by atoms with Crippen LogP contribution in [-0.4, -0.2) is 19.1 Å². The van der Waals surface area contributed by atoms with Gasteiger partial charge in [-0.05, 0) is 67.3 Å². The molecule has 0 saturated carbocycles. The molecule has 0 unspecified atom stereocenters. The second kappa shape index (κ2) is 12.1. The maximum atomic E-state index is 12.4. The van der Waals surface area contributed by atoms with Gasteiger partial charge in [0.1, 0.15) is 11.5 Å². The van der Waals surface area contributed by atoms with E-state index >= 15 is 0 Å². The van der Waals surface area contributed by atoms with Crippen LogP contribution in [0.3, 0.4) is 0 Å². The van der Waals surface area contributed by atoms with Crippen LogP contribution in [0.2, 0.25) is 0 Å². The molecule has 0 aliphatic rings. The van der Waals surface area contributed by atoms with Crippen molar-refractivity contribution in [3.8, 4) is 11.5 Å². The Labute approximate surface area is 169 Å². The first-order valence-electron chi connectivity index (χ1n) is 10.4. The van der Waals surface area contributed by atoms with Crippen LogP contribution in [0.15, 0.2) is 48.5 Å². The van der Waals surface area contributed by atoms with Gasteiger partial charge in [0.05, 0.1) is 13.2 Å². The van der Waals surface area contributed by atoms with Crippen LogP contribution in [-0.2, 0) is 0 Å². The molecule has 1 N–H and O–H groups in total. The minimum absolute atomic E-state index is 0.136. The standard InChI is InChI=1S/C24H33NO3/c1-4-5-6-7-17-27-22-12-8-20(9-13-22)24(26)25-21-10-14-23(15-11-21)28-18-16-19(2)3/h8-15,19H,4-7,16-18H2,1-3H3,(H,25,26). The number of rotatable bonds is 12. The van der Waals surface area contributed by atoms with Crippen molar-refractivity contribution < 1.29 is 14.3 Å². The van der Waals surface area contributed by atoms with Gasteiger partial charge in [0, 0.05) is 11.3 Å². The number of nitrogens with one attached hydrogen (secondary N) is 1. The number of ether oxygens (including phenoxy) is 2. The minimum atomic E-state index is -0.136. The Hall–Kier alpha value is -2.49. The second-order valence-corrected chi connectivity index (χ2v) is 7.44. The van der Waals surface area contributed by atoms with Crippen molar-refractivity contribution >= 4 is 11.6 Å². The van der Waals surface area contributed by atoms with E-state index in [0.717, 1.165) is 36.6 Å². The van der Waals surface area contributed by atoms with E-state index in [9.17, 15) is 4.79 Å². The zero-order valence-electron chi connectivity index (χ0n) is 17.4. The molecule has 0 radical (unpaired) electrons. The molecule has 28 heavy (non-hydrogen) atoms. The largest absolute Gasteiger partial charge is 0.494 e. The van der Waals surface area contributed by atoms with Crippen LogP contribution in [0.4, 0.5) is 5.69 Å². The Morgan fingerprint density at radius 1 is 0.857 bits per heavy atom. The van der Waals surface area contributed by atoms with Crippen LogP contribution in [0.5, 0.6) is 11.5 Å². The summed E-state index contributed by atoms with van der Waals surface area (Å²) in [6.45, 7) is 7.97. The predicted molar refractivity (Wildman–Crippen MR) is 115 cm³/mol. The van der Waals surface area contributed by atoms with Gasteiger partial charge >= 0.3 is 0 Å². The van der Waals surface area contributed by atoms with E-state index in [-0.39, 0.29) is 5.91 Å². The molecule has 0 aliphatic carbocycles. The Balaban J connectivity index is 1.78. The molecule has 4 nitrogen and oxygen atoms in total. The highest BCUT2D eigenvalue weighted by Gasteiger charge is 2.07. The summed E-state index contributed by atoms with van der Waals surface area (Å²) in [7, 11) is 0. The van der Waals surface area contributed by atoms with Crippen LogP contribution in [0, 0.1) is 5.92 Å². The first-order chi connectivity index (χ1) is 13.6. The molecule has 0 aliphatic heterocycles. The number of hydrogen-bond acceptors (Lipinski definition) is 3. The van der Waals surface area contributed by atoms with Crippen LogP contribution in [0.25, 0.3) is 0 Å². The van der Waals surface area contributed by atoms with E-state index in [2.05, 4.69) is 26.1 Å². The molecule has 0 heterocycles. The summed E-state index contributed by atoms with van der Waals surface area (Å²) < 4.78 is 11.4. The fourth-order valence-corrected chi connectivity index (χ4v) is 2.67. The summed E-state index contributed by atoms with van der Waals surface area (Å²) in [4.78, 5) is 12.4. The van der Waals surface area contributed by atoms with Crippen LogP contribution >= 0.6 is 0 Å². The predicted octanol–water partition coefficient (Wildman–Crippen LogP) is 6.32. The second-order valence-electron chi connectivity index (χ2n) is 7.44. The maximum Gasteiger partial charge on any atom is 0.255 e. The normalized spacial score (nSPS) is 10.7. The zero-order valence-corrected chi connectivity index (χ0v) is 17.4. The summed E-state index contributed by atoms with van der Waals surface area (Å²) in [6.07, 6.45) is 5.74. The lowest BCUT2D eigenvalue weighted by atomic mass is 10.1.